The van der Waals surface area contributed by atoms with Gasteiger partial charge in [-0.2, -0.15) is 4.68 Å². The van der Waals surface area contributed by atoms with E-state index in [2.05, 4.69) is 9.94 Å². The van der Waals surface area contributed by atoms with E-state index >= 15 is 0 Å². The zero-order valence-corrected chi connectivity index (χ0v) is 12.3. The molecule has 0 radical (unpaired) electrons. The lowest BCUT2D eigenvalue weighted by atomic mass is 10.2. The van der Waals surface area contributed by atoms with Gasteiger partial charge in [-0.3, -0.25) is 0 Å². The average Bonchev–Trinajstić information content (AvgIpc) is 2.75. The zero-order chi connectivity index (χ0) is 14.2. The summed E-state index contributed by atoms with van der Waals surface area (Å²) in [6.07, 6.45) is 0. The van der Waals surface area contributed by atoms with Crippen molar-refractivity contribution in [2.45, 2.75) is 32.9 Å². The average molecular weight is 298 g/mol. The Kier molecular flexibility index (Phi) is 3.52. The van der Waals surface area contributed by atoms with E-state index < -0.39 is 11.6 Å². The molecule has 0 bridgehead atoms. The Hall–Kier alpha value is -1.58. The molecular weight excluding hydrogens is 286 g/mol. The number of nitrogens with zero attached hydrogens (tertiary/aromatic N) is 3. The Morgan fingerprint density at radius 1 is 1.63 bits per heavy atom. The molecule has 0 aliphatic carbocycles. The molecule has 0 aliphatic rings. The van der Waals surface area contributed by atoms with Crippen LogP contribution in [0.5, 0.6) is 0 Å². The van der Waals surface area contributed by atoms with E-state index in [9.17, 15) is 4.79 Å². The summed E-state index contributed by atoms with van der Waals surface area (Å²) < 4.78 is 7.95. The summed E-state index contributed by atoms with van der Waals surface area (Å²) in [5.41, 5.74) is 0.144. The van der Waals surface area contributed by atoms with Crippen LogP contribution in [0.25, 0.3) is 15.1 Å². The van der Waals surface area contributed by atoms with Crippen LogP contribution in [0.15, 0.2) is 6.07 Å². The van der Waals surface area contributed by atoms with Crippen LogP contribution in [0.2, 0.25) is 4.34 Å². The molecule has 0 spiro atoms. The van der Waals surface area contributed by atoms with Crippen LogP contribution >= 0.6 is 22.9 Å². The fourth-order valence-electron chi connectivity index (χ4n) is 1.61. The van der Waals surface area contributed by atoms with Crippen LogP contribution in [0.3, 0.4) is 0 Å². The summed E-state index contributed by atoms with van der Waals surface area (Å²) in [5, 5.41) is 4.09. The number of esters is 1. The highest BCUT2D eigenvalue weighted by atomic mass is 35.5. The van der Waals surface area contributed by atoms with Crippen LogP contribution in [0, 0.1) is 6.57 Å². The first-order valence-electron chi connectivity index (χ1n) is 5.55. The molecule has 2 heterocycles. The number of hydrogen-bond donors (Lipinski definition) is 0. The maximum atomic E-state index is 11.8. The van der Waals surface area contributed by atoms with E-state index in [0.717, 1.165) is 0 Å². The van der Waals surface area contributed by atoms with Crippen molar-refractivity contribution < 1.29 is 9.53 Å². The minimum absolute atomic E-state index is 0.0314. The summed E-state index contributed by atoms with van der Waals surface area (Å²) in [4.78, 5) is 15.1. The lowest BCUT2D eigenvalue weighted by Gasteiger charge is -2.18. The van der Waals surface area contributed by atoms with E-state index in [-0.39, 0.29) is 12.4 Å². The van der Waals surface area contributed by atoms with Gasteiger partial charge in [0, 0.05) is 0 Å². The summed E-state index contributed by atoms with van der Waals surface area (Å²) in [5.74, 6) is -0.133. The topological polar surface area (TPSA) is 48.5 Å². The van der Waals surface area contributed by atoms with E-state index in [1.165, 1.54) is 16.0 Å². The highest BCUT2D eigenvalue weighted by molar-refractivity contribution is 7.23. The van der Waals surface area contributed by atoms with Gasteiger partial charge in [-0.1, -0.05) is 18.2 Å². The molecule has 19 heavy (non-hydrogen) atoms. The molecular formula is C12H12ClN3O2S. The second-order valence-electron chi connectivity index (χ2n) is 4.94. The molecule has 0 saturated carbocycles. The molecule has 0 amide bonds. The fourth-order valence-corrected chi connectivity index (χ4v) is 2.75. The normalized spacial score (nSPS) is 11.5. The fraction of sp³-hybridized carbons (Fsp3) is 0.417. The molecule has 7 heteroatoms. The Morgan fingerprint density at radius 3 is 2.89 bits per heavy atom. The SMILES string of the molecule is [C-]#[N+]c1nn(CC(=O)OC(C)(C)C)c2cc(Cl)sc12. The van der Waals surface area contributed by atoms with E-state index in [0.29, 0.717) is 14.6 Å². The third-order valence-electron chi connectivity index (χ3n) is 2.18. The molecule has 0 aliphatic heterocycles. The van der Waals surface area contributed by atoms with Crippen molar-refractivity contribution in [3.05, 3.63) is 21.8 Å². The van der Waals surface area contributed by atoms with Gasteiger partial charge in [0.2, 0.25) is 0 Å². The number of thiophene rings is 1. The molecule has 0 fully saturated rings. The Bertz CT molecular complexity index is 675. The first-order valence-corrected chi connectivity index (χ1v) is 6.75. The first kappa shape index (κ1) is 13.8. The van der Waals surface area contributed by atoms with Crippen molar-refractivity contribution in [1.29, 1.82) is 0 Å². The molecule has 0 saturated heterocycles. The number of ether oxygens (including phenoxy) is 1. The van der Waals surface area contributed by atoms with Gasteiger partial charge in [0.05, 0.1) is 14.6 Å². The molecule has 2 aromatic heterocycles. The van der Waals surface area contributed by atoms with Gasteiger partial charge in [-0.25, -0.2) is 4.79 Å². The molecule has 100 valence electrons. The second kappa shape index (κ2) is 4.83. The largest absolute Gasteiger partial charge is 0.459 e. The van der Waals surface area contributed by atoms with Crippen LogP contribution in [0.1, 0.15) is 20.8 Å². The van der Waals surface area contributed by atoms with Gasteiger partial charge in [0.1, 0.15) is 5.60 Å². The van der Waals surface area contributed by atoms with Crippen molar-refractivity contribution in [3.63, 3.8) is 0 Å². The minimum Gasteiger partial charge on any atom is -0.459 e. The standard InChI is InChI=1S/C12H12ClN3O2S/c1-12(2,3)18-9(17)6-16-7-5-8(13)19-10(7)11(14-4)15-16/h5H,6H2,1-3H3. The van der Waals surface area contributed by atoms with Crippen molar-refractivity contribution in [3.8, 4) is 0 Å². The monoisotopic (exact) mass is 297 g/mol. The van der Waals surface area contributed by atoms with Crippen LogP contribution in [-0.2, 0) is 16.1 Å². The summed E-state index contributed by atoms with van der Waals surface area (Å²) >= 11 is 7.21. The van der Waals surface area contributed by atoms with Crippen molar-refractivity contribution >= 4 is 44.9 Å². The maximum Gasteiger partial charge on any atom is 0.330 e. The molecule has 2 aromatic rings. The number of rotatable bonds is 2. The number of fused-ring (bicyclic) bond motifs is 1. The van der Waals surface area contributed by atoms with Gasteiger partial charge < -0.3 is 9.58 Å². The second-order valence-corrected chi connectivity index (χ2v) is 6.63. The first-order chi connectivity index (χ1) is 8.80. The van der Waals surface area contributed by atoms with Crippen molar-refractivity contribution in [1.82, 2.24) is 9.78 Å². The highest BCUT2D eigenvalue weighted by Crippen LogP contribution is 2.36. The summed E-state index contributed by atoms with van der Waals surface area (Å²) in [7, 11) is 0. The predicted molar refractivity (Wildman–Crippen MR) is 74.7 cm³/mol. The lowest BCUT2D eigenvalue weighted by molar-refractivity contribution is -0.155. The van der Waals surface area contributed by atoms with Gasteiger partial charge >= 0.3 is 11.8 Å². The van der Waals surface area contributed by atoms with Crippen LogP contribution in [0.4, 0.5) is 5.82 Å². The summed E-state index contributed by atoms with van der Waals surface area (Å²) in [6.45, 7) is 12.4. The third kappa shape index (κ3) is 3.06. The molecule has 0 atom stereocenters. The predicted octanol–water partition coefficient (Wildman–Crippen LogP) is 3.64. The minimum atomic E-state index is -0.543. The van der Waals surface area contributed by atoms with E-state index in [1.54, 1.807) is 26.8 Å². The van der Waals surface area contributed by atoms with Gasteiger partial charge in [0.15, 0.2) is 6.54 Å². The molecule has 5 nitrogen and oxygen atoms in total. The summed E-state index contributed by atoms with van der Waals surface area (Å²) in [6, 6.07) is 1.70. The number of aromatic nitrogens is 2. The van der Waals surface area contributed by atoms with Gasteiger partial charge in [-0.05, 0) is 31.9 Å². The Morgan fingerprint density at radius 2 is 2.32 bits per heavy atom. The number of halogens is 1. The number of carbonyl (C=O) groups is 1. The quantitative estimate of drug-likeness (QED) is 0.628. The zero-order valence-electron chi connectivity index (χ0n) is 10.7. The molecule has 0 aromatic carbocycles. The smallest absolute Gasteiger partial charge is 0.330 e. The number of carbonyl (C=O) groups excluding carboxylic acids is 1. The molecule has 2 rings (SSSR count). The highest BCUT2D eigenvalue weighted by Gasteiger charge is 2.21. The van der Waals surface area contributed by atoms with E-state index in [4.69, 9.17) is 22.9 Å². The third-order valence-corrected chi connectivity index (χ3v) is 3.43. The van der Waals surface area contributed by atoms with Crippen LogP contribution < -0.4 is 0 Å². The molecule has 0 N–H and O–H groups in total. The number of hydrogen-bond acceptors (Lipinski definition) is 4. The van der Waals surface area contributed by atoms with E-state index in [1.807, 2.05) is 0 Å². The molecule has 0 unspecified atom stereocenters. The lowest BCUT2D eigenvalue weighted by Crippen LogP contribution is -2.26. The van der Waals surface area contributed by atoms with Crippen molar-refractivity contribution in [2.24, 2.45) is 0 Å². The van der Waals surface area contributed by atoms with Crippen molar-refractivity contribution in [2.75, 3.05) is 0 Å². The maximum absolute atomic E-state index is 11.8. The Balaban J connectivity index is 2.31. The Labute approximate surface area is 119 Å². The van der Waals surface area contributed by atoms with Gasteiger partial charge in [-0.15, -0.1) is 11.3 Å². The van der Waals surface area contributed by atoms with Crippen LogP contribution in [-0.4, -0.2) is 21.4 Å². The van der Waals surface area contributed by atoms with Gasteiger partial charge in [0.25, 0.3) is 0 Å².